The quantitative estimate of drug-likeness (QED) is 0.751. The number of hydrogen-bond acceptors (Lipinski definition) is 6. The van der Waals surface area contributed by atoms with Gasteiger partial charge in [0.2, 0.25) is 0 Å². The van der Waals surface area contributed by atoms with Crippen LogP contribution in [-0.2, 0) is 4.74 Å². The van der Waals surface area contributed by atoms with Crippen molar-refractivity contribution in [2.45, 2.75) is 25.2 Å². The molecule has 25 heavy (non-hydrogen) atoms. The minimum atomic E-state index is -0.257. The predicted molar refractivity (Wildman–Crippen MR) is 89.9 cm³/mol. The number of amides is 1. The Morgan fingerprint density at radius 1 is 1.24 bits per heavy atom. The molecule has 2 N–H and O–H groups in total. The fourth-order valence-electron chi connectivity index (χ4n) is 2.95. The van der Waals surface area contributed by atoms with Crippen molar-refractivity contribution in [3.63, 3.8) is 0 Å². The normalized spacial score (nSPS) is 20.0. The van der Waals surface area contributed by atoms with Crippen LogP contribution in [0.1, 0.15) is 29.4 Å². The van der Waals surface area contributed by atoms with Gasteiger partial charge in [-0.1, -0.05) is 18.2 Å². The lowest BCUT2D eigenvalue weighted by Crippen LogP contribution is -2.15. The first kappa shape index (κ1) is 15.7. The van der Waals surface area contributed by atoms with Crippen molar-refractivity contribution in [1.29, 1.82) is 0 Å². The number of anilines is 1. The van der Waals surface area contributed by atoms with Gasteiger partial charge in [0.05, 0.1) is 19.0 Å². The molecule has 1 aromatic carbocycles. The Labute approximate surface area is 143 Å². The number of aliphatic hydroxyl groups excluding tert-OH is 1. The summed E-state index contributed by atoms with van der Waals surface area (Å²) in [4.78, 5) is 25.1. The Bertz CT molecular complexity index is 896. The summed E-state index contributed by atoms with van der Waals surface area (Å²) in [5.74, 6) is 0.0990. The topological polar surface area (TPSA) is 102 Å². The maximum absolute atomic E-state index is 12.3. The molecule has 3 heterocycles. The van der Waals surface area contributed by atoms with E-state index in [0.717, 1.165) is 12.8 Å². The van der Waals surface area contributed by atoms with Gasteiger partial charge in [-0.05, 0) is 25.0 Å². The summed E-state index contributed by atoms with van der Waals surface area (Å²) >= 11 is 0. The number of carbonyl (C=O) groups is 1. The second kappa shape index (κ2) is 6.58. The van der Waals surface area contributed by atoms with Crippen LogP contribution in [0.5, 0.6) is 0 Å². The van der Waals surface area contributed by atoms with Crippen LogP contribution < -0.4 is 5.32 Å². The van der Waals surface area contributed by atoms with Gasteiger partial charge in [0.25, 0.3) is 5.91 Å². The number of hydrogen-bond donors (Lipinski definition) is 2. The van der Waals surface area contributed by atoms with E-state index in [9.17, 15) is 9.90 Å². The number of fused-ring (bicyclic) bond motifs is 1. The molecule has 0 unspecified atom stereocenters. The van der Waals surface area contributed by atoms with E-state index in [4.69, 9.17) is 4.74 Å². The van der Waals surface area contributed by atoms with Gasteiger partial charge in [0.15, 0.2) is 17.0 Å². The van der Waals surface area contributed by atoms with Crippen molar-refractivity contribution < 1.29 is 14.6 Å². The van der Waals surface area contributed by atoms with Gasteiger partial charge in [-0.25, -0.2) is 15.0 Å². The van der Waals surface area contributed by atoms with Crippen LogP contribution in [0.15, 0.2) is 43.0 Å². The van der Waals surface area contributed by atoms with Crippen LogP contribution in [0.2, 0.25) is 0 Å². The molecule has 8 nitrogen and oxygen atoms in total. The van der Waals surface area contributed by atoms with E-state index in [1.54, 1.807) is 30.6 Å². The molecule has 2 aromatic heterocycles. The van der Waals surface area contributed by atoms with Gasteiger partial charge in [-0.15, -0.1) is 0 Å². The van der Waals surface area contributed by atoms with E-state index in [-0.39, 0.29) is 24.8 Å². The molecule has 1 aliphatic heterocycles. The summed E-state index contributed by atoms with van der Waals surface area (Å²) in [6.07, 6.45) is 4.17. The van der Waals surface area contributed by atoms with Crippen LogP contribution in [0, 0.1) is 0 Å². The number of rotatable bonds is 4. The maximum Gasteiger partial charge on any atom is 0.256 e. The van der Waals surface area contributed by atoms with E-state index in [1.807, 2.05) is 10.6 Å². The van der Waals surface area contributed by atoms with Crippen LogP contribution in [-0.4, -0.2) is 43.2 Å². The van der Waals surface area contributed by atoms with Crippen molar-refractivity contribution in [2.24, 2.45) is 0 Å². The van der Waals surface area contributed by atoms with Crippen LogP contribution >= 0.6 is 0 Å². The molecule has 0 spiro atoms. The summed E-state index contributed by atoms with van der Waals surface area (Å²) in [6.45, 7) is -0.00348. The van der Waals surface area contributed by atoms with Gasteiger partial charge >= 0.3 is 0 Å². The van der Waals surface area contributed by atoms with Gasteiger partial charge in [-0.2, -0.15) is 0 Å². The average Bonchev–Trinajstić information content (AvgIpc) is 3.29. The number of imidazole rings is 1. The predicted octanol–water partition coefficient (Wildman–Crippen LogP) is 1.75. The SMILES string of the molecule is O=C(Nc1ncnc2c1ncn2[C@H]1CC[C@@H](CO)O1)c1ccccc1. The van der Waals surface area contributed by atoms with Crippen LogP contribution in [0.4, 0.5) is 5.82 Å². The van der Waals surface area contributed by atoms with E-state index in [0.29, 0.717) is 22.5 Å². The molecule has 8 heteroatoms. The Hall–Kier alpha value is -2.84. The molecular weight excluding hydrogens is 322 g/mol. The molecule has 2 atom stereocenters. The molecule has 0 radical (unpaired) electrons. The summed E-state index contributed by atoms with van der Waals surface area (Å²) in [5, 5.41) is 12.0. The highest BCUT2D eigenvalue weighted by Crippen LogP contribution is 2.31. The fraction of sp³-hybridized carbons (Fsp3) is 0.294. The third-order valence-corrected chi connectivity index (χ3v) is 4.23. The summed E-state index contributed by atoms with van der Waals surface area (Å²) in [6, 6.07) is 8.91. The highest BCUT2D eigenvalue weighted by molar-refractivity contribution is 6.06. The minimum Gasteiger partial charge on any atom is -0.394 e. The van der Waals surface area contributed by atoms with E-state index in [2.05, 4.69) is 20.3 Å². The zero-order chi connectivity index (χ0) is 17.2. The Kier molecular flexibility index (Phi) is 4.12. The van der Waals surface area contributed by atoms with Crippen LogP contribution in [0.3, 0.4) is 0 Å². The standard InChI is InChI=1S/C17H17N5O3/c23-8-12-6-7-13(25-12)22-10-20-14-15(18-9-19-16(14)22)21-17(24)11-4-2-1-3-5-11/h1-5,9-10,12-13,23H,6-8H2,(H,18,19,21,24)/t12-,13+/m0/s1. The molecule has 1 fully saturated rings. The molecule has 3 aromatic rings. The van der Waals surface area contributed by atoms with Gasteiger partial charge in [0.1, 0.15) is 12.6 Å². The molecule has 1 amide bonds. The number of nitrogens with zero attached hydrogens (tertiary/aromatic N) is 4. The lowest BCUT2D eigenvalue weighted by Gasteiger charge is -2.13. The smallest absolute Gasteiger partial charge is 0.256 e. The number of nitrogens with one attached hydrogen (secondary N) is 1. The average molecular weight is 339 g/mol. The minimum absolute atomic E-state index is 0.00348. The number of aromatic nitrogens is 4. The van der Waals surface area contributed by atoms with E-state index >= 15 is 0 Å². The first-order chi connectivity index (χ1) is 12.3. The molecular formula is C17H17N5O3. The van der Waals surface area contributed by atoms with E-state index in [1.165, 1.54) is 6.33 Å². The molecule has 1 aliphatic rings. The van der Waals surface area contributed by atoms with Crippen molar-refractivity contribution in [3.8, 4) is 0 Å². The van der Waals surface area contributed by atoms with Crippen LogP contribution in [0.25, 0.3) is 11.2 Å². The Balaban J connectivity index is 1.62. The molecule has 1 saturated heterocycles. The molecule has 0 aliphatic carbocycles. The second-order valence-corrected chi connectivity index (χ2v) is 5.84. The van der Waals surface area contributed by atoms with Crippen molar-refractivity contribution >= 4 is 22.9 Å². The third-order valence-electron chi connectivity index (χ3n) is 4.23. The Morgan fingerprint density at radius 2 is 2.08 bits per heavy atom. The first-order valence-electron chi connectivity index (χ1n) is 8.06. The molecule has 128 valence electrons. The summed E-state index contributed by atoms with van der Waals surface area (Å²) < 4.78 is 7.59. The van der Waals surface area contributed by atoms with Gasteiger partial charge in [0, 0.05) is 5.56 Å². The van der Waals surface area contributed by atoms with Gasteiger partial charge < -0.3 is 15.2 Å². The Morgan fingerprint density at radius 3 is 2.84 bits per heavy atom. The zero-order valence-electron chi connectivity index (χ0n) is 13.4. The van der Waals surface area contributed by atoms with Crippen molar-refractivity contribution in [2.75, 3.05) is 11.9 Å². The number of ether oxygens (including phenoxy) is 1. The summed E-state index contributed by atoms with van der Waals surface area (Å²) in [5.41, 5.74) is 1.63. The third kappa shape index (κ3) is 2.97. The zero-order valence-corrected chi connectivity index (χ0v) is 13.4. The summed E-state index contributed by atoms with van der Waals surface area (Å²) in [7, 11) is 0. The highest BCUT2D eigenvalue weighted by Gasteiger charge is 2.28. The molecule has 0 bridgehead atoms. The lowest BCUT2D eigenvalue weighted by atomic mass is 10.2. The number of aliphatic hydroxyl groups is 1. The lowest BCUT2D eigenvalue weighted by molar-refractivity contribution is -0.0207. The largest absolute Gasteiger partial charge is 0.394 e. The molecule has 4 rings (SSSR count). The van der Waals surface area contributed by atoms with E-state index < -0.39 is 0 Å². The van der Waals surface area contributed by atoms with Gasteiger partial charge in [-0.3, -0.25) is 9.36 Å². The van der Waals surface area contributed by atoms with Crippen molar-refractivity contribution in [1.82, 2.24) is 19.5 Å². The number of benzene rings is 1. The maximum atomic E-state index is 12.3. The second-order valence-electron chi connectivity index (χ2n) is 5.84. The monoisotopic (exact) mass is 339 g/mol. The first-order valence-corrected chi connectivity index (χ1v) is 8.06. The fourth-order valence-corrected chi connectivity index (χ4v) is 2.95. The molecule has 0 saturated carbocycles. The van der Waals surface area contributed by atoms with Crippen molar-refractivity contribution in [3.05, 3.63) is 48.5 Å². The number of carbonyl (C=O) groups excluding carboxylic acids is 1. The highest BCUT2D eigenvalue weighted by atomic mass is 16.5.